The van der Waals surface area contributed by atoms with Crippen LogP contribution >= 0.6 is 0 Å². The Morgan fingerprint density at radius 3 is 2.22 bits per heavy atom. The average Bonchev–Trinajstić information content (AvgIpc) is 3.73. The van der Waals surface area contributed by atoms with E-state index in [1.54, 1.807) is 29.1 Å². The fourth-order valence-electron chi connectivity index (χ4n) is 6.08. The first-order chi connectivity index (χ1) is 22.4. The largest absolute Gasteiger partial charge is 0.491 e. The minimum atomic E-state index is -0.740. The number of carbonyl (C=O) groups excluding carboxylic acids is 1. The number of piperazine rings is 1. The molecule has 0 saturated carbocycles. The van der Waals surface area contributed by atoms with Gasteiger partial charge in [-0.25, -0.2) is 4.79 Å². The summed E-state index contributed by atoms with van der Waals surface area (Å²) < 4.78 is 18.8. The van der Waals surface area contributed by atoms with E-state index in [2.05, 4.69) is 37.4 Å². The van der Waals surface area contributed by atoms with Crippen molar-refractivity contribution in [2.24, 2.45) is 5.92 Å². The van der Waals surface area contributed by atoms with Crippen LogP contribution in [0.3, 0.4) is 0 Å². The van der Waals surface area contributed by atoms with Crippen molar-refractivity contribution in [3.8, 4) is 5.75 Å². The molecule has 1 aromatic heterocycles. The Morgan fingerprint density at radius 1 is 1.07 bits per heavy atom. The molecule has 6 rings (SSSR count). The van der Waals surface area contributed by atoms with Crippen molar-refractivity contribution in [3.05, 3.63) is 60.9 Å². The summed E-state index contributed by atoms with van der Waals surface area (Å²) in [4.78, 5) is 22.3. The van der Waals surface area contributed by atoms with Gasteiger partial charge < -0.3 is 34.2 Å². The zero-order valence-electron chi connectivity index (χ0n) is 26.9. The Hall–Kier alpha value is -4.20. The number of ether oxygens (including phenoxy) is 3. The zero-order valence-corrected chi connectivity index (χ0v) is 26.9. The molecule has 0 radical (unpaired) electrons. The molecular formula is C33H45N9O4. The molecule has 3 aliphatic rings. The van der Waals surface area contributed by atoms with Crippen molar-refractivity contribution in [2.75, 3.05) is 74.2 Å². The van der Waals surface area contributed by atoms with Crippen LogP contribution in [-0.4, -0.2) is 110 Å². The summed E-state index contributed by atoms with van der Waals surface area (Å²) in [5.41, 5.74) is 2.96. The molecule has 0 spiro atoms. The molecule has 0 aliphatic carbocycles. The van der Waals surface area contributed by atoms with Crippen molar-refractivity contribution in [1.29, 1.82) is 5.41 Å². The molecule has 246 valence electrons. The van der Waals surface area contributed by atoms with Gasteiger partial charge in [-0.1, -0.05) is 6.92 Å². The lowest BCUT2D eigenvalue weighted by Gasteiger charge is -2.41. The van der Waals surface area contributed by atoms with Gasteiger partial charge in [-0.15, -0.1) is 0 Å². The van der Waals surface area contributed by atoms with E-state index in [4.69, 9.17) is 19.6 Å². The Bertz CT molecular complexity index is 1430. The van der Waals surface area contributed by atoms with E-state index >= 15 is 0 Å². The Kier molecular flexibility index (Phi) is 9.71. The van der Waals surface area contributed by atoms with Crippen LogP contribution in [0.1, 0.15) is 20.3 Å². The number of amides is 2. The molecule has 3 aromatic rings. The standard InChI is InChI=1S/C33H45N9O4/c1-4-25(2)38(3)32(43)41(24-34)29-7-5-27(6-8-29)39-15-17-40(18-16-39)28-9-11-30(12-10-28)44-21-31-22-45-33(46-31,26-19-35-20-26)23-42-36-13-14-37-42/h5-14,24-26,31,34-35H,4,15-23H2,1-3H3. The normalized spacial score (nSPS) is 22.3. The molecule has 3 saturated heterocycles. The van der Waals surface area contributed by atoms with E-state index in [0.29, 0.717) is 25.4 Å². The monoisotopic (exact) mass is 631 g/mol. The van der Waals surface area contributed by atoms with Gasteiger partial charge in [-0.3, -0.25) is 10.3 Å². The zero-order chi connectivity index (χ0) is 32.1. The Labute approximate surface area is 270 Å². The minimum Gasteiger partial charge on any atom is -0.491 e. The lowest BCUT2D eigenvalue weighted by molar-refractivity contribution is -0.227. The first-order valence-electron chi connectivity index (χ1n) is 16.1. The number of hydrogen-bond acceptors (Lipinski definition) is 10. The molecule has 2 N–H and O–H groups in total. The summed E-state index contributed by atoms with van der Waals surface area (Å²) in [6, 6.07) is 16.0. The second-order valence-corrected chi connectivity index (χ2v) is 12.2. The summed E-state index contributed by atoms with van der Waals surface area (Å²) in [5, 5.41) is 19.6. The number of carbonyl (C=O) groups is 1. The summed E-state index contributed by atoms with van der Waals surface area (Å²) in [6.07, 6.45) is 5.10. The molecule has 2 aromatic carbocycles. The van der Waals surface area contributed by atoms with Gasteiger partial charge in [0.1, 0.15) is 25.0 Å². The summed E-state index contributed by atoms with van der Waals surface area (Å²) in [5.74, 6) is 0.309. The highest BCUT2D eigenvalue weighted by Crippen LogP contribution is 2.35. The molecule has 3 fully saturated rings. The van der Waals surface area contributed by atoms with Crippen LogP contribution in [0.4, 0.5) is 21.9 Å². The topological polar surface area (TPSA) is 124 Å². The van der Waals surface area contributed by atoms with E-state index < -0.39 is 5.79 Å². The van der Waals surface area contributed by atoms with E-state index in [-0.39, 0.29) is 24.1 Å². The van der Waals surface area contributed by atoms with E-state index in [1.165, 1.54) is 4.90 Å². The third-order valence-electron chi connectivity index (χ3n) is 9.41. The summed E-state index contributed by atoms with van der Waals surface area (Å²) >= 11 is 0. The minimum absolute atomic E-state index is 0.100. The second-order valence-electron chi connectivity index (χ2n) is 12.2. The lowest BCUT2D eigenvalue weighted by Crippen LogP contribution is -2.58. The maximum absolute atomic E-state index is 12.9. The van der Waals surface area contributed by atoms with Gasteiger partial charge >= 0.3 is 6.03 Å². The van der Waals surface area contributed by atoms with Gasteiger partial charge in [0.2, 0.25) is 0 Å². The van der Waals surface area contributed by atoms with Crippen molar-refractivity contribution >= 4 is 29.4 Å². The van der Waals surface area contributed by atoms with Crippen LogP contribution in [0.5, 0.6) is 5.75 Å². The van der Waals surface area contributed by atoms with Gasteiger partial charge in [0.15, 0.2) is 5.79 Å². The highest BCUT2D eigenvalue weighted by atomic mass is 16.8. The maximum Gasteiger partial charge on any atom is 0.329 e. The highest BCUT2D eigenvalue weighted by Gasteiger charge is 2.51. The number of rotatable bonds is 12. The molecule has 3 unspecified atom stereocenters. The first-order valence-corrected chi connectivity index (χ1v) is 16.1. The van der Waals surface area contributed by atoms with E-state index in [1.807, 2.05) is 50.2 Å². The Balaban J connectivity index is 0.976. The molecule has 3 atom stereocenters. The number of hydrogen-bond donors (Lipinski definition) is 2. The number of nitrogens with zero attached hydrogens (tertiary/aromatic N) is 7. The van der Waals surface area contributed by atoms with Crippen molar-refractivity contribution in [1.82, 2.24) is 25.2 Å². The molecule has 13 nitrogen and oxygen atoms in total. The molecule has 13 heteroatoms. The fraction of sp³-hybridized carbons (Fsp3) is 0.515. The maximum atomic E-state index is 12.9. The number of urea groups is 1. The van der Waals surface area contributed by atoms with Crippen LogP contribution in [0, 0.1) is 11.3 Å². The van der Waals surface area contributed by atoms with E-state index in [0.717, 1.165) is 69.2 Å². The highest BCUT2D eigenvalue weighted by molar-refractivity contribution is 6.06. The molecule has 4 heterocycles. The summed E-state index contributed by atoms with van der Waals surface area (Å²) in [6.45, 7) is 10.6. The SMILES string of the molecule is CCC(C)N(C)C(=O)N(C=N)c1ccc(N2CCN(c3ccc(OCC4COC(Cn5nccn5)(C5CNC5)O4)cc3)CC2)cc1. The average molecular weight is 632 g/mol. The fourth-order valence-corrected chi connectivity index (χ4v) is 6.08. The predicted octanol–water partition coefficient (Wildman–Crippen LogP) is 3.28. The predicted molar refractivity (Wildman–Crippen MR) is 177 cm³/mol. The lowest BCUT2D eigenvalue weighted by atomic mass is 9.92. The molecule has 0 bridgehead atoms. The third kappa shape index (κ3) is 6.81. The van der Waals surface area contributed by atoms with E-state index in [9.17, 15) is 4.79 Å². The van der Waals surface area contributed by atoms with Gasteiger partial charge in [-0.2, -0.15) is 15.0 Å². The van der Waals surface area contributed by atoms with Crippen molar-refractivity contribution < 1.29 is 19.0 Å². The van der Waals surface area contributed by atoms with Gasteiger partial charge in [0, 0.05) is 69.7 Å². The van der Waals surface area contributed by atoms with Crippen LogP contribution in [0.15, 0.2) is 60.9 Å². The molecule has 2 amide bonds. The second kappa shape index (κ2) is 14.1. The first kappa shape index (κ1) is 31.8. The van der Waals surface area contributed by atoms with Gasteiger partial charge in [0.05, 0.1) is 31.0 Å². The number of aromatic nitrogens is 3. The van der Waals surface area contributed by atoms with Gasteiger partial charge in [0.25, 0.3) is 0 Å². The number of benzene rings is 2. The quantitative estimate of drug-likeness (QED) is 0.229. The smallest absolute Gasteiger partial charge is 0.329 e. The van der Waals surface area contributed by atoms with Crippen molar-refractivity contribution in [3.63, 3.8) is 0 Å². The summed E-state index contributed by atoms with van der Waals surface area (Å²) in [7, 11) is 1.78. The molecular weight excluding hydrogens is 586 g/mol. The Morgan fingerprint density at radius 2 is 1.67 bits per heavy atom. The van der Waals surface area contributed by atoms with Gasteiger partial charge in [-0.05, 0) is 61.9 Å². The van der Waals surface area contributed by atoms with Crippen LogP contribution in [0.25, 0.3) is 0 Å². The third-order valence-corrected chi connectivity index (χ3v) is 9.41. The molecule has 46 heavy (non-hydrogen) atoms. The van der Waals surface area contributed by atoms with Crippen molar-refractivity contribution in [2.45, 2.75) is 44.7 Å². The number of anilines is 3. The molecule has 3 aliphatic heterocycles. The number of nitrogens with one attached hydrogen (secondary N) is 2. The van der Waals surface area contributed by atoms with Crippen LogP contribution < -0.4 is 24.8 Å². The van der Waals surface area contributed by atoms with Crippen LogP contribution in [-0.2, 0) is 16.0 Å². The van der Waals surface area contributed by atoms with Crippen LogP contribution in [0.2, 0.25) is 0 Å².